The number of nitrogens with zero attached hydrogens (tertiary/aromatic N) is 4. The van der Waals surface area contributed by atoms with Gasteiger partial charge in [-0.2, -0.15) is 4.68 Å². The minimum Gasteiger partial charge on any atom is -0.358 e. The second-order valence-corrected chi connectivity index (χ2v) is 4.38. The van der Waals surface area contributed by atoms with E-state index in [-0.39, 0.29) is 22.9 Å². The molecule has 0 saturated heterocycles. The summed E-state index contributed by atoms with van der Waals surface area (Å²) in [5.41, 5.74) is 2.61. The molecule has 0 bridgehead atoms. The maximum atomic E-state index is 10.9. The van der Waals surface area contributed by atoms with Gasteiger partial charge in [-0.05, 0) is 4.92 Å². The monoisotopic (exact) mass is 312 g/mol. The van der Waals surface area contributed by atoms with Crippen LogP contribution in [-0.4, -0.2) is 19.6 Å². The average Bonchev–Trinajstić information content (AvgIpc) is 2.79. The lowest BCUT2D eigenvalue weighted by atomic mass is 10.1. The van der Waals surface area contributed by atoms with Crippen LogP contribution in [0.1, 0.15) is 5.56 Å². The zero-order chi connectivity index (χ0) is 15.6. The quantitative estimate of drug-likeness (QED) is 0.485. The van der Waals surface area contributed by atoms with Crippen molar-refractivity contribution in [2.24, 2.45) is 5.84 Å². The summed E-state index contributed by atoms with van der Waals surface area (Å²) in [4.78, 5) is 20.3. The Bertz CT molecular complexity index is 716. The minimum atomic E-state index is -0.714. The van der Waals surface area contributed by atoms with Gasteiger partial charge in [-0.15, -0.1) is 0 Å². The van der Waals surface area contributed by atoms with E-state index in [4.69, 9.17) is 17.4 Å². The molecule has 110 valence electrons. The lowest BCUT2D eigenvalue weighted by molar-refractivity contribution is -0.389. The highest BCUT2D eigenvalue weighted by Crippen LogP contribution is 2.29. The Morgan fingerprint density at radius 1 is 1.33 bits per heavy atom. The number of nitrogens with one attached hydrogen (secondary N) is 1. The summed E-state index contributed by atoms with van der Waals surface area (Å²) >= 11 is 5.69. The molecule has 0 unspecified atom stereocenters. The second-order valence-electron chi connectivity index (χ2n) is 3.97. The predicted molar refractivity (Wildman–Crippen MR) is 73.9 cm³/mol. The number of para-hydroxylation sites is 1. The molecule has 0 saturated carbocycles. The summed E-state index contributed by atoms with van der Waals surface area (Å²) in [7, 11) is 0. The number of benzene rings is 1. The van der Waals surface area contributed by atoms with E-state index in [1.54, 1.807) is 6.07 Å². The molecule has 1 aromatic heterocycles. The number of hydrazine groups is 1. The Morgan fingerprint density at radius 2 is 2.05 bits per heavy atom. The SMILES string of the molecule is NNc1c(Cn2cc(Cl)c([N+](=O)[O-])n2)cccc1[N+](=O)[O-]. The molecular weight excluding hydrogens is 304 g/mol. The molecule has 0 spiro atoms. The van der Waals surface area contributed by atoms with Crippen LogP contribution in [0, 0.1) is 20.2 Å². The Labute approximate surface area is 122 Å². The van der Waals surface area contributed by atoms with Gasteiger partial charge in [0.15, 0.2) is 5.02 Å². The van der Waals surface area contributed by atoms with Crippen molar-refractivity contribution in [3.8, 4) is 0 Å². The molecule has 21 heavy (non-hydrogen) atoms. The molecule has 0 atom stereocenters. The number of nitrogen functional groups attached to an aromatic ring is 1. The smallest absolute Gasteiger partial charge is 0.358 e. The van der Waals surface area contributed by atoms with Crippen LogP contribution in [0.15, 0.2) is 24.4 Å². The van der Waals surface area contributed by atoms with Crippen molar-refractivity contribution in [2.45, 2.75) is 6.54 Å². The molecule has 0 aliphatic rings. The van der Waals surface area contributed by atoms with Gasteiger partial charge in [-0.3, -0.25) is 16.0 Å². The summed E-state index contributed by atoms with van der Waals surface area (Å²) in [5.74, 6) is 4.83. The van der Waals surface area contributed by atoms with E-state index in [0.29, 0.717) is 5.56 Å². The highest BCUT2D eigenvalue weighted by atomic mass is 35.5. The van der Waals surface area contributed by atoms with Gasteiger partial charge in [0.05, 0.1) is 22.8 Å². The summed E-state index contributed by atoms with van der Waals surface area (Å²) in [6.07, 6.45) is 1.26. The zero-order valence-electron chi connectivity index (χ0n) is 10.4. The first-order valence-electron chi connectivity index (χ1n) is 5.54. The van der Waals surface area contributed by atoms with Crippen LogP contribution in [0.25, 0.3) is 0 Å². The van der Waals surface area contributed by atoms with Gasteiger partial charge in [-0.1, -0.05) is 23.7 Å². The molecule has 10 nitrogen and oxygen atoms in total. The summed E-state index contributed by atoms with van der Waals surface area (Å²) < 4.78 is 1.21. The number of anilines is 1. The minimum absolute atomic E-state index is 0.0365. The number of aromatic nitrogens is 2. The standard InChI is InChI=1S/C10H9ClN6O4/c11-7-5-15(14-10(7)17(20)21)4-6-2-1-3-8(16(18)19)9(6)13-12/h1-3,5,13H,4,12H2. The van der Waals surface area contributed by atoms with Crippen LogP contribution in [0.3, 0.4) is 0 Å². The molecule has 2 rings (SSSR count). The van der Waals surface area contributed by atoms with Gasteiger partial charge in [0.25, 0.3) is 5.69 Å². The molecule has 0 amide bonds. The number of halogens is 1. The molecule has 1 heterocycles. The molecule has 0 radical (unpaired) electrons. The first-order valence-corrected chi connectivity index (χ1v) is 5.92. The van der Waals surface area contributed by atoms with E-state index in [9.17, 15) is 20.2 Å². The van der Waals surface area contributed by atoms with Gasteiger partial charge in [0.2, 0.25) is 0 Å². The van der Waals surface area contributed by atoms with E-state index in [2.05, 4.69) is 10.5 Å². The highest BCUT2D eigenvalue weighted by molar-refractivity contribution is 6.32. The predicted octanol–water partition coefficient (Wildman–Crippen LogP) is 1.69. The van der Waals surface area contributed by atoms with Gasteiger partial charge in [-0.25, -0.2) is 0 Å². The van der Waals surface area contributed by atoms with Gasteiger partial charge < -0.3 is 15.5 Å². The Hall–Kier alpha value is -2.72. The fraction of sp³-hybridized carbons (Fsp3) is 0.100. The van der Waals surface area contributed by atoms with E-state index in [0.717, 1.165) is 0 Å². The van der Waals surface area contributed by atoms with E-state index in [1.165, 1.54) is 23.0 Å². The number of nitro benzene ring substituents is 1. The summed E-state index contributed by atoms with van der Waals surface area (Å²) in [6, 6.07) is 4.36. The third kappa shape index (κ3) is 2.90. The van der Waals surface area contributed by atoms with Crippen LogP contribution >= 0.6 is 11.6 Å². The molecule has 1 aromatic carbocycles. The first-order chi connectivity index (χ1) is 9.93. The highest BCUT2D eigenvalue weighted by Gasteiger charge is 2.21. The van der Waals surface area contributed by atoms with Crippen LogP contribution < -0.4 is 11.3 Å². The summed E-state index contributed by atoms with van der Waals surface area (Å²) in [6.45, 7) is 0.0365. The van der Waals surface area contributed by atoms with Crippen molar-refractivity contribution in [1.29, 1.82) is 0 Å². The Balaban J connectivity index is 2.40. The van der Waals surface area contributed by atoms with Gasteiger partial charge in [0.1, 0.15) is 5.69 Å². The Morgan fingerprint density at radius 3 is 2.57 bits per heavy atom. The lowest BCUT2D eigenvalue weighted by Crippen LogP contribution is -2.13. The van der Waals surface area contributed by atoms with Crippen molar-refractivity contribution in [1.82, 2.24) is 9.78 Å². The van der Waals surface area contributed by atoms with Gasteiger partial charge >= 0.3 is 5.82 Å². The van der Waals surface area contributed by atoms with Crippen molar-refractivity contribution >= 4 is 28.8 Å². The van der Waals surface area contributed by atoms with E-state index < -0.39 is 15.7 Å². The topological polar surface area (TPSA) is 142 Å². The summed E-state index contributed by atoms with van der Waals surface area (Å²) in [5, 5.41) is 25.2. The van der Waals surface area contributed by atoms with E-state index >= 15 is 0 Å². The maximum absolute atomic E-state index is 10.9. The fourth-order valence-electron chi connectivity index (χ4n) is 1.80. The number of nitro groups is 2. The van der Waals surface area contributed by atoms with Gasteiger partial charge in [0, 0.05) is 11.6 Å². The second kappa shape index (κ2) is 5.73. The number of hydrogen-bond donors (Lipinski definition) is 2. The first kappa shape index (κ1) is 14.7. The largest absolute Gasteiger partial charge is 0.408 e. The Kier molecular flexibility index (Phi) is 4.00. The molecule has 3 N–H and O–H groups in total. The van der Waals surface area contributed by atoms with Crippen molar-refractivity contribution < 1.29 is 9.85 Å². The van der Waals surface area contributed by atoms with Crippen molar-refractivity contribution in [3.05, 3.63) is 55.2 Å². The fourth-order valence-corrected chi connectivity index (χ4v) is 2.02. The number of rotatable bonds is 5. The third-order valence-electron chi connectivity index (χ3n) is 2.67. The number of hydrogen-bond acceptors (Lipinski definition) is 7. The molecule has 2 aromatic rings. The number of nitrogens with two attached hydrogens (primary N) is 1. The van der Waals surface area contributed by atoms with Crippen LogP contribution in [-0.2, 0) is 6.54 Å². The molecule has 0 fully saturated rings. The molecule has 11 heteroatoms. The van der Waals surface area contributed by atoms with Crippen molar-refractivity contribution in [2.75, 3.05) is 5.43 Å². The average molecular weight is 313 g/mol. The third-order valence-corrected chi connectivity index (χ3v) is 2.94. The lowest BCUT2D eigenvalue weighted by Gasteiger charge is -2.07. The zero-order valence-corrected chi connectivity index (χ0v) is 11.1. The van der Waals surface area contributed by atoms with Crippen LogP contribution in [0.2, 0.25) is 5.02 Å². The van der Waals surface area contributed by atoms with Crippen LogP contribution in [0.5, 0.6) is 0 Å². The molecular formula is C10H9ClN6O4. The normalized spacial score (nSPS) is 10.4. The van der Waals surface area contributed by atoms with Crippen LogP contribution in [0.4, 0.5) is 17.2 Å². The van der Waals surface area contributed by atoms with Crippen molar-refractivity contribution in [3.63, 3.8) is 0 Å². The van der Waals surface area contributed by atoms with E-state index in [1.807, 2.05) is 0 Å². The maximum Gasteiger partial charge on any atom is 0.408 e. The molecule has 0 aliphatic heterocycles. The molecule has 0 aliphatic carbocycles.